The number of hydrogen-bond donors (Lipinski definition) is 3. The first-order valence-electron chi connectivity index (χ1n) is 6.91. The molecule has 2 aromatic rings. The van der Waals surface area contributed by atoms with Gasteiger partial charge in [0.1, 0.15) is 11.8 Å². The number of hydrogen-bond acceptors (Lipinski definition) is 5. The van der Waals surface area contributed by atoms with Gasteiger partial charge in [0.2, 0.25) is 0 Å². The molecule has 102 valence electrons. The van der Waals surface area contributed by atoms with E-state index in [9.17, 15) is 0 Å². The largest absolute Gasteiger partial charge is 0.368 e. The van der Waals surface area contributed by atoms with Gasteiger partial charge in [-0.1, -0.05) is 19.3 Å². The van der Waals surface area contributed by atoms with Crippen LogP contribution in [-0.4, -0.2) is 33.0 Å². The van der Waals surface area contributed by atoms with Gasteiger partial charge in [-0.05, 0) is 24.8 Å². The van der Waals surface area contributed by atoms with Gasteiger partial charge in [-0.3, -0.25) is 0 Å². The molecule has 19 heavy (non-hydrogen) atoms. The summed E-state index contributed by atoms with van der Waals surface area (Å²) in [6.45, 7) is 1.60. The SMILES string of the molecule is NCC1(CNc2ncnc3nc[nH]c23)CCCCC1. The molecule has 1 aliphatic rings. The minimum absolute atomic E-state index is 0.218. The Kier molecular flexibility index (Phi) is 3.33. The second-order valence-corrected chi connectivity index (χ2v) is 5.44. The predicted molar refractivity (Wildman–Crippen MR) is 74.7 cm³/mol. The Labute approximate surface area is 112 Å². The fraction of sp³-hybridized carbons (Fsp3) is 0.615. The van der Waals surface area contributed by atoms with E-state index < -0.39 is 0 Å². The highest BCUT2D eigenvalue weighted by Crippen LogP contribution is 2.35. The third-order valence-electron chi connectivity index (χ3n) is 4.20. The number of nitrogens with two attached hydrogens (primary N) is 1. The van der Waals surface area contributed by atoms with E-state index in [1.165, 1.54) is 32.1 Å². The van der Waals surface area contributed by atoms with Gasteiger partial charge in [0.25, 0.3) is 0 Å². The second-order valence-electron chi connectivity index (χ2n) is 5.44. The Balaban J connectivity index is 1.76. The molecule has 4 N–H and O–H groups in total. The standard InChI is InChI=1S/C13H20N6/c14-6-13(4-2-1-3-5-13)7-15-11-10-12(17-8-16-10)19-9-18-11/h8-9H,1-7,14H2,(H2,15,16,17,18,19). The zero-order chi connectivity index (χ0) is 13.1. The first kappa shape index (κ1) is 12.3. The van der Waals surface area contributed by atoms with Crippen molar-refractivity contribution < 1.29 is 0 Å². The number of fused-ring (bicyclic) bond motifs is 1. The highest BCUT2D eigenvalue weighted by molar-refractivity contribution is 5.81. The molecular formula is C13H20N6. The predicted octanol–water partition coefficient (Wildman–Crippen LogP) is 1.67. The zero-order valence-corrected chi connectivity index (χ0v) is 11.0. The van der Waals surface area contributed by atoms with Gasteiger partial charge < -0.3 is 16.0 Å². The Morgan fingerprint density at radius 3 is 2.84 bits per heavy atom. The number of aromatic nitrogens is 4. The van der Waals surface area contributed by atoms with Gasteiger partial charge in [0.05, 0.1) is 6.33 Å². The quantitative estimate of drug-likeness (QED) is 0.777. The molecule has 0 amide bonds. The van der Waals surface area contributed by atoms with Crippen LogP contribution in [0.15, 0.2) is 12.7 Å². The number of aromatic amines is 1. The van der Waals surface area contributed by atoms with E-state index in [1.54, 1.807) is 12.7 Å². The number of nitrogens with one attached hydrogen (secondary N) is 2. The van der Waals surface area contributed by atoms with Crippen molar-refractivity contribution in [1.29, 1.82) is 0 Å². The van der Waals surface area contributed by atoms with Crippen LogP contribution in [0.3, 0.4) is 0 Å². The summed E-state index contributed by atoms with van der Waals surface area (Å²) in [6.07, 6.45) is 9.48. The molecular weight excluding hydrogens is 240 g/mol. The van der Waals surface area contributed by atoms with Crippen molar-refractivity contribution in [3.63, 3.8) is 0 Å². The minimum Gasteiger partial charge on any atom is -0.368 e. The number of rotatable bonds is 4. The topological polar surface area (TPSA) is 92.5 Å². The van der Waals surface area contributed by atoms with Crippen LogP contribution in [0.1, 0.15) is 32.1 Å². The van der Waals surface area contributed by atoms with Crippen LogP contribution in [0.2, 0.25) is 0 Å². The molecule has 2 aromatic heterocycles. The van der Waals surface area contributed by atoms with Crippen LogP contribution in [0.25, 0.3) is 11.2 Å². The van der Waals surface area contributed by atoms with Crippen LogP contribution in [-0.2, 0) is 0 Å². The maximum absolute atomic E-state index is 6.00. The van der Waals surface area contributed by atoms with Crippen LogP contribution >= 0.6 is 0 Å². The van der Waals surface area contributed by atoms with Crippen molar-refractivity contribution in [2.75, 3.05) is 18.4 Å². The molecule has 0 radical (unpaired) electrons. The van der Waals surface area contributed by atoms with Gasteiger partial charge in [0.15, 0.2) is 11.5 Å². The smallest absolute Gasteiger partial charge is 0.182 e. The van der Waals surface area contributed by atoms with Crippen molar-refractivity contribution in [3.05, 3.63) is 12.7 Å². The van der Waals surface area contributed by atoms with Crippen molar-refractivity contribution >= 4 is 17.0 Å². The number of H-pyrrole nitrogens is 1. The first-order chi connectivity index (χ1) is 9.33. The lowest BCUT2D eigenvalue weighted by atomic mass is 9.74. The average molecular weight is 260 g/mol. The van der Waals surface area contributed by atoms with Crippen molar-refractivity contribution in [3.8, 4) is 0 Å². The second kappa shape index (κ2) is 5.13. The molecule has 1 saturated carbocycles. The third kappa shape index (κ3) is 2.40. The molecule has 2 heterocycles. The summed E-state index contributed by atoms with van der Waals surface area (Å²) in [7, 11) is 0. The summed E-state index contributed by atoms with van der Waals surface area (Å²) in [5, 5.41) is 3.43. The van der Waals surface area contributed by atoms with E-state index in [-0.39, 0.29) is 5.41 Å². The molecule has 6 heteroatoms. The summed E-state index contributed by atoms with van der Waals surface area (Å²) in [5.41, 5.74) is 7.78. The van der Waals surface area contributed by atoms with Crippen LogP contribution < -0.4 is 11.1 Å². The minimum atomic E-state index is 0.218. The van der Waals surface area contributed by atoms with E-state index >= 15 is 0 Å². The van der Waals surface area contributed by atoms with Crippen molar-refractivity contribution in [2.24, 2.45) is 11.1 Å². The monoisotopic (exact) mass is 260 g/mol. The van der Waals surface area contributed by atoms with E-state index in [4.69, 9.17) is 5.73 Å². The molecule has 0 unspecified atom stereocenters. The van der Waals surface area contributed by atoms with Gasteiger partial charge in [-0.25, -0.2) is 15.0 Å². The van der Waals surface area contributed by atoms with Gasteiger partial charge in [-0.2, -0.15) is 0 Å². The Morgan fingerprint density at radius 1 is 1.21 bits per heavy atom. The zero-order valence-electron chi connectivity index (χ0n) is 11.0. The fourth-order valence-corrected chi connectivity index (χ4v) is 2.93. The summed E-state index contributed by atoms with van der Waals surface area (Å²) in [5.74, 6) is 0.820. The van der Waals surface area contributed by atoms with E-state index in [1.807, 2.05) is 0 Å². The van der Waals surface area contributed by atoms with E-state index in [0.717, 1.165) is 24.4 Å². The Morgan fingerprint density at radius 2 is 2.05 bits per heavy atom. The molecule has 1 aliphatic carbocycles. The Bertz CT molecular complexity index is 543. The Hall–Kier alpha value is -1.69. The summed E-state index contributed by atoms with van der Waals surface area (Å²) >= 11 is 0. The summed E-state index contributed by atoms with van der Waals surface area (Å²) < 4.78 is 0. The molecule has 1 fully saturated rings. The first-order valence-corrected chi connectivity index (χ1v) is 6.91. The van der Waals surface area contributed by atoms with E-state index in [0.29, 0.717) is 5.65 Å². The third-order valence-corrected chi connectivity index (χ3v) is 4.20. The molecule has 3 rings (SSSR count). The fourth-order valence-electron chi connectivity index (χ4n) is 2.93. The van der Waals surface area contributed by atoms with Crippen molar-refractivity contribution in [2.45, 2.75) is 32.1 Å². The summed E-state index contributed by atoms with van der Waals surface area (Å²) in [4.78, 5) is 15.6. The van der Waals surface area contributed by atoms with Crippen LogP contribution in [0, 0.1) is 5.41 Å². The molecule has 0 aliphatic heterocycles. The average Bonchev–Trinajstić information content (AvgIpc) is 2.95. The van der Waals surface area contributed by atoms with Gasteiger partial charge >= 0.3 is 0 Å². The lowest BCUT2D eigenvalue weighted by Gasteiger charge is -2.36. The normalized spacial score (nSPS) is 18.6. The molecule has 0 saturated heterocycles. The number of nitrogens with zero attached hydrogens (tertiary/aromatic N) is 3. The van der Waals surface area contributed by atoms with E-state index in [2.05, 4.69) is 25.3 Å². The molecule has 0 atom stereocenters. The highest BCUT2D eigenvalue weighted by Gasteiger charge is 2.30. The highest BCUT2D eigenvalue weighted by atomic mass is 15.1. The molecule has 0 spiro atoms. The molecule has 0 aromatic carbocycles. The van der Waals surface area contributed by atoms with Gasteiger partial charge in [0, 0.05) is 6.54 Å². The molecule has 0 bridgehead atoms. The lowest BCUT2D eigenvalue weighted by Crippen LogP contribution is -2.39. The van der Waals surface area contributed by atoms with Gasteiger partial charge in [-0.15, -0.1) is 0 Å². The van der Waals surface area contributed by atoms with Crippen LogP contribution in [0.4, 0.5) is 5.82 Å². The van der Waals surface area contributed by atoms with Crippen molar-refractivity contribution in [1.82, 2.24) is 19.9 Å². The molecule has 6 nitrogen and oxygen atoms in total. The lowest BCUT2D eigenvalue weighted by molar-refractivity contribution is 0.215. The maximum Gasteiger partial charge on any atom is 0.182 e. The summed E-state index contributed by atoms with van der Waals surface area (Å²) in [6, 6.07) is 0. The number of imidazole rings is 1. The van der Waals surface area contributed by atoms with Crippen LogP contribution in [0.5, 0.6) is 0 Å². The number of anilines is 1. The maximum atomic E-state index is 6.00.